The number of phosphoric acid groups is 1. The molecule has 0 bridgehead atoms. The number of nitrogens with one attached hydrogen (secondary N) is 1. The highest BCUT2D eigenvalue weighted by Gasteiger charge is 2.49. The van der Waals surface area contributed by atoms with Crippen molar-refractivity contribution >= 4 is 37.9 Å². The number of nitrogens with zero attached hydrogens (tertiary/aromatic N) is 1. The second-order valence-electron chi connectivity index (χ2n) is 15.1. The summed E-state index contributed by atoms with van der Waals surface area (Å²) < 4.78 is 72.8. The minimum Gasteiger partial charge on any atom is -0.497 e. The van der Waals surface area contributed by atoms with Crippen LogP contribution >= 0.6 is 26.1 Å². The van der Waals surface area contributed by atoms with Gasteiger partial charge in [0.2, 0.25) is 0 Å². The Morgan fingerprint density at radius 3 is 1.75 bits per heavy atom. The maximum Gasteiger partial charge on any atom is 0.595 e. The van der Waals surface area contributed by atoms with E-state index in [-0.39, 0.29) is 40.9 Å². The highest BCUT2D eigenvalue weighted by Crippen LogP contribution is 2.66. The van der Waals surface area contributed by atoms with Crippen molar-refractivity contribution in [1.82, 2.24) is 9.55 Å². The number of aromatic amines is 1. The van der Waals surface area contributed by atoms with Crippen LogP contribution in [0.5, 0.6) is 28.7 Å². The lowest BCUT2D eigenvalue weighted by atomic mass is 9.80. The van der Waals surface area contributed by atoms with E-state index in [1.54, 1.807) is 106 Å². The number of para-hydroxylation sites is 3. The largest absolute Gasteiger partial charge is 0.595 e. The molecule has 0 aliphatic carbocycles. The summed E-state index contributed by atoms with van der Waals surface area (Å²) in [6, 6.07) is 47.6. The van der Waals surface area contributed by atoms with E-state index in [4.69, 9.17) is 64.8 Å². The van der Waals surface area contributed by atoms with Crippen LogP contribution in [0, 0.1) is 6.92 Å². The first-order chi connectivity index (χ1) is 32.4. The van der Waals surface area contributed by atoms with Gasteiger partial charge in [-0.25, -0.2) is 9.36 Å². The van der Waals surface area contributed by atoms with E-state index in [0.717, 1.165) is 16.7 Å². The van der Waals surface area contributed by atoms with Crippen LogP contribution in [0.3, 0.4) is 0 Å². The van der Waals surface area contributed by atoms with E-state index in [2.05, 4.69) is 4.98 Å². The van der Waals surface area contributed by atoms with Crippen LogP contribution in [-0.4, -0.2) is 42.6 Å². The Morgan fingerprint density at radius 2 is 1.21 bits per heavy atom. The fourth-order valence-corrected chi connectivity index (χ4v) is 12.3. The van der Waals surface area contributed by atoms with Gasteiger partial charge in [-0.15, -0.1) is 0 Å². The number of ether oxygens (including phenoxy) is 4. The normalized spacial score (nSPS) is 17.0. The van der Waals surface area contributed by atoms with E-state index in [1.807, 2.05) is 78.9 Å². The number of hydrogen-bond acceptors (Lipinski definition) is 13. The minimum absolute atomic E-state index is 0.0522. The summed E-state index contributed by atoms with van der Waals surface area (Å²) in [5, 5.41) is 0.147. The van der Waals surface area contributed by atoms with Crippen molar-refractivity contribution in [3.8, 4) is 28.7 Å². The molecule has 1 unspecified atom stereocenters. The lowest BCUT2D eigenvalue weighted by Gasteiger charge is -2.37. The summed E-state index contributed by atoms with van der Waals surface area (Å²) >= 11 is 12.8. The smallest absolute Gasteiger partial charge is 0.497 e. The molecule has 346 valence electrons. The van der Waals surface area contributed by atoms with Crippen LogP contribution in [0.15, 0.2) is 180 Å². The Balaban J connectivity index is 1.24. The van der Waals surface area contributed by atoms with Gasteiger partial charge in [0.25, 0.3) is 5.56 Å². The van der Waals surface area contributed by atoms with Gasteiger partial charge in [-0.1, -0.05) is 115 Å². The number of benzene rings is 6. The van der Waals surface area contributed by atoms with Crippen molar-refractivity contribution < 1.29 is 45.9 Å². The molecule has 1 saturated heterocycles. The number of methoxy groups -OCH3 is 2. The summed E-state index contributed by atoms with van der Waals surface area (Å²) in [4.78, 5) is 28.3. The van der Waals surface area contributed by atoms with Gasteiger partial charge < -0.3 is 32.5 Å². The molecule has 7 aromatic rings. The topological polar surface area (TPSA) is 155 Å². The zero-order chi connectivity index (χ0) is 47.0. The molecule has 0 radical (unpaired) electrons. The van der Waals surface area contributed by atoms with Crippen LogP contribution in [-0.2, 0) is 40.3 Å². The Hall–Kier alpha value is -5.99. The van der Waals surface area contributed by atoms with Crippen LogP contribution in [0.2, 0.25) is 5.02 Å². The first-order valence-electron chi connectivity index (χ1n) is 20.9. The Kier molecular flexibility index (Phi) is 14.8. The average Bonchev–Trinajstić information content (AvgIpc) is 3.73. The molecular formula is C49H45ClN2O12P2S. The van der Waals surface area contributed by atoms with Crippen molar-refractivity contribution in [2.24, 2.45) is 0 Å². The summed E-state index contributed by atoms with van der Waals surface area (Å²) in [5.41, 5.74) is -0.106. The standard InChI is InChI=1S/C49H45ClN2O12P2S/c1-34-32-52(48(54)51-47(34)53)46-31-44(45(59-46)33-58-49(35-15-7-4-8-16-35,36-23-27-38(56-2)28-24-36)37-25-29-39(57-3)30-26-37)63-66(67,62-43-22-14-13-21-42(43)50)64-65(55,60-40-17-9-5-10-18-40)61-41-19-11-6-12-20-41/h4-30,32,44-46H,31,33H2,1-3H3,(H,51,53,54)/t44-,45+,46+,66?/m0/s1. The number of H-pyrrole nitrogens is 1. The molecule has 1 N–H and O–H groups in total. The quantitative estimate of drug-likeness (QED) is 0.0604. The number of halogens is 1. The fraction of sp³-hybridized carbons (Fsp3) is 0.184. The molecule has 0 spiro atoms. The third-order valence-corrected chi connectivity index (χ3v) is 15.5. The molecule has 6 aromatic carbocycles. The molecule has 0 amide bonds. The zero-order valence-corrected chi connectivity index (χ0v) is 39.7. The number of aromatic nitrogens is 2. The van der Waals surface area contributed by atoms with Crippen molar-refractivity contribution in [3.05, 3.63) is 218 Å². The van der Waals surface area contributed by atoms with Gasteiger partial charge in [0, 0.05) is 30.0 Å². The van der Waals surface area contributed by atoms with Gasteiger partial charge in [0.15, 0.2) is 0 Å². The van der Waals surface area contributed by atoms with E-state index in [9.17, 15) is 9.59 Å². The zero-order valence-electron chi connectivity index (χ0n) is 36.3. The van der Waals surface area contributed by atoms with Gasteiger partial charge >= 0.3 is 20.2 Å². The molecule has 67 heavy (non-hydrogen) atoms. The Labute approximate surface area is 396 Å². The molecule has 1 aliphatic heterocycles. The lowest BCUT2D eigenvalue weighted by molar-refractivity contribution is -0.0922. The average molecular weight is 983 g/mol. The summed E-state index contributed by atoms with van der Waals surface area (Å²) in [6.07, 6.45) is -1.91. The molecule has 18 heteroatoms. The lowest BCUT2D eigenvalue weighted by Crippen LogP contribution is -2.38. The minimum atomic E-state index is -4.82. The van der Waals surface area contributed by atoms with Gasteiger partial charge in [-0.05, 0) is 84.3 Å². The molecule has 14 nitrogen and oxygen atoms in total. The van der Waals surface area contributed by atoms with E-state index < -0.39 is 49.8 Å². The van der Waals surface area contributed by atoms with Gasteiger partial charge in [-0.3, -0.25) is 18.9 Å². The maximum atomic E-state index is 15.1. The summed E-state index contributed by atoms with van der Waals surface area (Å²) in [6.45, 7) is -3.08. The fourth-order valence-electron chi connectivity index (χ4n) is 7.47. The predicted octanol–water partition coefficient (Wildman–Crippen LogP) is 10.8. The molecule has 1 fully saturated rings. The second kappa shape index (κ2) is 20.9. The van der Waals surface area contributed by atoms with Crippen LogP contribution < -0.4 is 34.3 Å². The predicted molar refractivity (Wildman–Crippen MR) is 257 cm³/mol. The third kappa shape index (κ3) is 11.1. The van der Waals surface area contributed by atoms with Crippen LogP contribution in [0.1, 0.15) is 34.9 Å². The molecular weight excluding hydrogens is 938 g/mol. The number of rotatable bonds is 19. The maximum absolute atomic E-state index is 15.1. The summed E-state index contributed by atoms with van der Waals surface area (Å²) in [5.74, 6) is 1.59. The molecule has 1 aromatic heterocycles. The molecule has 1 aliphatic rings. The van der Waals surface area contributed by atoms with Gasteiger partial charge in [0.1, 0.15) is 52.8 Å². The van der Waals surface area contributed by atoms with Crippen LogP contribution in [0.4, 0.5) is 0 Å². The highest BCUT2D eigenvalue weighted by atomic mass is 35.5. The monoisotopic (exact) mass is 982 g/mol. The first kappa shape index (κ1) is 47.5. The molecule has 0 saturated carbocycles. The Bertz CT molecular complexity index is 2890. The SMILES string of the molecule is COc1ccc(C(OC[C@H]2O[C@@H](n3cc(C)c(=O)[nH]c3=O)C[C@@H]2OP(=S)(Oc2ccccc2Cl)OP(=O)(Oc2ccccc2)Oc2ccccc2)(c2ccccc2)c2ccc(OC)cc2)cc1. The molecule has 2 heterocycles. The number of hydrogen-bond donors (Lipinski definition) is 1. The summed E-state index contributed by atoms with van der Waals surface area (Å²) in [7, 11) is -1.64. The first-order valence-corrected chi connectivity index (χ1v) is 25.3. The number of phosphoric ester groups is 1. The van der Waals surface area contributed by atoms with Crippen molar-refractivity contribution in [2.45, 2.75) is 37.4 Å². The Morgan fingerprint density at radius 1 is 0.701 bits per heavy atom. The van der Waals surface area contributed by atoms with E-state index in [1.165, 1.54) is 10.8 Å². The molecule has 4 atom stereocenters. The third-order valence-electron chi connectivity index (χ3n) is 10.7. The van der Waals surface area contributed by atoms with Crippen molar-refractivity contribution in [2.75, 3.05) is 20.8 Å². The van der Waals surface area contributed by atoms with Crippen molar-refractivity contribution in [3.63, 3.8) is 0 Å². The van der Waals surface area contributed by atoms with Gasteiger partial charge in [-0.2, -0.15) is 4.31 Å². The molecule has 8 rings (SSSR count). The van der Waals surface area contributed by atoms with Gasteiger partial charge in [0.05, 0.1) is 25.8 Å². The van der Waals surface area contributed by atoms with E-state index in [0.29, 0.717) is 11.5 Å². The van der Waals surface area contributed by atoms with Crippen LogP contribution in [0.25, 0.3) is 0 Å². The van der Waals surface area contributed by atoms with E-state index >= 15 is 4.57 Å². The van der Waals surface area contributed by atoms with Crippen molar-refractivity contribution in [1.29, 1.82) is 0 Å². The second-order valence-corrected chi connectivity index (χ2v) is 20.1. The number of aryl methyl sites for hydroxylation is 1. The highest BCUT2D eigenvalue weighted by molar-refractivity contribution is 8.09.